The Kier molecular flexibility index (Phi) is 3.98. The highest BCUT2D eigenvalue weighted by Gasteiger charge is 2.15. The first-order valence-electron chi connectivity index (χ1n) is 6.13. The minimum absolute atomic E-state index is 0.228. The van der Waals surface area contributed by atoms with Crippen LogP contribution in [0, 0.1) is 5.92 Å². The van der Waals surface area contributed by atoms with Gasteiger partial charge in [0, 0.05) is 45.6 Å². The second-order valence-electron chi connectivity index (χ2n) is 4.77. The Bertz CT molecular complexity index is 526. The van der Waals surface area contributed by atoms with Gasteiger partial charge in [-0.2, -0.15) is 0 Å². The van der Waals surface area contributed by atoms with E-state index in [2.05, 4.69) is 5.32 Å². The number of ether oxygens (including phenoxy) is 1. The number of nitrogens with zero attached hydrogens (tertiary/aromatic N) is 2. The third kappa shape index (κ3) is 2.70. The van der Waals surface area contributed by atoms with Crippen LogP contribution in [0.4, 0.5) is 0 Å². The third-order valence-corrected chi connectivity index (χ3v) is 3.29. The summed E-state index contributed by atoms with van der Waals surface area (Å²) in [5.74, 6) is 0.529. The molecule has 0 saturated carbocycles. The van der Waals surface area contributed by atoms with Crippen molar-refractivity contribution in [1.82, 2.24) is 14.5 Å². The molecule has 1 fully saturated rings. The standard InChI is InChI=1S/C12H19N3O3/c1-14-7-10(11(16)15(2)12(14)17)6-13-5-9-3-4-18-8-9/h7,9,13H,3-6,8H2,1-2H3. The van der Waals surface area contributed by atoms with Gasteiger partial charge in [-0.3, -0.25) is 9.36 Å². The highest BCUT2D eigenvalue weighted by Crippen LogP contribution is 2.10. The second kappa shape index (κ2) is 5.49. The van der Waals surface area contributed by atoms with Gasteiger partial charge >= 0.3 is 5.69 Å². The van der Waals surface area contributed by atoms with Gasteiger partial charge in [-0.1, -0.05) is 0 Å². The summed E-state index contributed by atoms with van der Waals surface area (Å²) in [7, 11) is 3.15. The van der Waals surface area contributed by atoms with Crippen molar-refractivity contribution in [1.29, 1.82) is 0 Å². The normalized spacial score (nSPS) is 19.3. The average Bonchev–Trinajstić information content (AvgIpc) is 2.86. The first-order valence-corrected chi connectivity index (χ1v) is 6.13. The van der Waals surface area contributed by atoms with Crippen LogP contribution >= 0.6 is 0 Å². The Labute approximate surface area is 105 Å². The maximum atomic E-state index is 11.9. The van der Waals surface area contributed by atoms with Gasteiger partial charge in [0.2, 0.25) is 0 Å². The smallest absolute Gasteiger partial charge is 0.330 e. The van der Waals surface area contributed by atoms with Crippen LogP contribution in [0.5, 0.6) is 0 Å². The summed E-state index contributed by atoms with van der Waals surface area (Å²) >= 11 is 0. The van der Waals surface area contributed by atoms with E-state index in [1.807, 2.05) is 0 Å². The van der Waals surface area contributed by atoms with Crippen molar-refractivity contribution >= 4 is 0 Å². The highest BCUT2D eigenvalue weighted by atomic mass is 16.5. The van der Waals surface area contributed by atoms with E-state index in [1.165, 1.54) is 11.6 Å². The van der Waals surface area contributed by atoms with Crippen LogP contribution in [-0.2, 0) is 25.4 Å². The zero-order valence-corrected chi connectivity index (χ0v) is 10.8. The Morgan fingerprint density at radius 1 is 1.44 bits per heavy atom. The molecule has 0 bridgehead atoms. The molecule has 1 aromatic rings. The molecule has 1 unspecified atom stereocenters. The summed E-state index contributed by atoms with van der Waals surface area (Å²) in [4.78, 5) is 23.4. The number of hydrogen-bond donors (Lipinski definition) is 1. The molecule has 1 aliphatic heterocycles. The molecule has 0 spiro atoms. The molecule has 1 saturated heterocycles. The maximum absolute atomic E-state index is 11.9. The highest BCUT2D eigenvalue weighted by molar-refractivity contribution is 5.05. The number of aromatic nitrogens is 2. The maximum Gasteiger partial charge on any atom is 0.330 e. The molecule has 6 nitrogen and oxygen atoms in total. The number of rotatable bonds is 4. The molecule has 0 aromatic carbocycles. The lowest BCUT2D eigenvalue weighted by atomic mass is 10.1. The Balaban J connectivity index is 2.01. The van der Waals surface area contributed by atoms with E-state index in [4.69, 9.17) is 4.74 Å². The molecular weight excluding hydrogens is 234 g/mol. The van der Waals surface area contributed by atoms with Crippen LogP contribution in [0.3, 0.4) is 0 Å². The summed E-state index contributed by atoms with van der Waals surface area (Å²) in [6.45, 7) is 2.94. The van der Waals surface area contributed by atoms with E-state index >= 15 is 0 Å². The predicted octanol–water partition coefficient (Wildman–Crippen LogP) is -0.790. The Morgan fingerprint density at radius 2 is 2.22 bits per heavy atom. The summed E-state index contributed by atoms with van der Waals surface area (Å²) in [6, 6.07) is 0. The fraction of sp³-hybridized carbons (Fsp3) is 0.667. The zero-order valence-electron chi connectivity index (χ0n) is 10.8. The van der Waals surface area contributed by atoms with Gasteiger partial charge < -0.3 is 14.6 Å². The molecule has 18 heavy (non-hydrogen) atoms. The summed E-state index contributed by atoms with van der Waals surface area (Å²) in [5, 5.41) is 3.25. The number of nitrogens with one attached hydrogen (secondary N) is 1. The lowest BCUT2D eigenvalue weighted by molar-refractivity contribution is 0.185. The first kappa shape index (κ1) is 13.0. The van der Waals surface area contributed by atoms with Crippen molar-refractivity contribution in [2.45, 2.75) is 13.0 Å². The van der Waals surface area contributed by atoms with Crippen LogP contribution in [-0.4, -0.2) is 28.9 Å². The van der Waals surface area contributed by atoms with Crippen molar-refractivity contribution in [2.24, 2.45) is 20.0 Å². The summed E-state index contributed by atoms with van der Waals surface area (Å²) < 4.78 is 7.85. The van der Waals surface area contributed by atoms with Crippen LogP contribution in [0.25, 0.3) is 0 Å². The van der Waals surface area contributed by atoms with Gasteiger partial charge in [0.05, 0.1) is 6.61 Å². The van der Waals surface area contributed by atoms with Gasteiger partial charge in [0.25, 0.3) is 5.56 Å². The van der Waals surface area contributed by atoms with Gasteiger partial charge in [-0.25, -0.2) is 4.79 Å². The topological polar surface area (TPSA) is 65.3 Å². The van der Waals surface area contributed by atoms with Crippen molar-refractivity contribution < 1.29 is 4.74 Å². The molecule has 100 valence electrons. The van der Waals surface area contributed by atoms with E-state index < -0.39 is 0 Å². The molecule has 0 radical (unpaired) electrons. The monoisotopic (exact) mass is 253 g/mol. The summed E-state index contributed by atoms with van der Waals surface area (Å²) in [6.07, 6.45) is 2.67. The van der Waals surface area contributed by atoms with Crippen molar-refractivity contribution in [3.63, 3.8) is 0 Å². The fourth-order valence-corrected chi connectivity index (χ4v) is 2.16. The molecule has 1 aromatic heterocycles. The molecule has 0 aliphatic carbocycles. The molecule has 2 rings (SSSR count). The van der Waals surface area contributed by atoms with E-state index in [9.17, 15) is 9.59 Å². The second-order valence-corrected chi connectivity index (χ2v) is 4.77. The molecule has 0 amide bonds. The predicted molar refractivity (Wildman–Crippen MR) is 67.6 cm³/mol. The van der Waals surface area contributed by atoms with E-state index in [1.54, 1.807) is 13.2 Å². The molecule has 6 heteroatoms. The lowest BCUT2D eigenvalue weighted by Gasteiger charge is -2.10. The molecule has 1 atom stereocenters. The summed E-state index contributed by atoms with van der Waals surface area (Å²) in [5.41, 5.74) is 0.0831. The molecule has 2 heterocycles. The number of aryl methyl sites for hydroxylation is 1. The first-order chi connectivity index (χ1) is 8.59. The lowest BCUT2D eigenvalue weighted by Crippen LogP contribution is -2.39. The van der Waals surface area contributed by atoms with Crippen molar-refractivity contribution in [2.75, 3.05) is 19.8 Å². The molecular formula is C12H19N3O3. The quantitative estimate of drug-likeness (QED) is 0.764. The zero-order chi connectivity index (χ0) is 13.1. The fourth-order valence-electron chi connectivity index (χ4n) is 2.16. The Morgan fingerprint density at radius 3 is 2.89 bits per heavy atom. The van der Waals surface area contributed by atoms with Crippen molar-refractivity contribution in [3.05, 3.63) is 32.6 Å². The van der Waals surface area contributed by atoms with Crippen LogP contribution in [0.1, 0.15) is 12.0 Å². The van der Waals surface area contributed by atoms with E-state index in [0.717, 1.165) is 30.7 Å². The van der Waals surface area contributed by atoms with Gasteiger partial charge in [-0.05, 0) is 12.3 Å². The minimum atomic E-state index is -0.298. The average molecular weight is 253 g/mol. The minimum Gasteiger partial charge on any atom is -0.381 e. The van der Waals surface area contributed by atoms with Crippen LogP contribution in [0.2, 0.25) is 0 Å². The Hall–Kier alpha value is -1.40. The van der Waals surface area contributed by atoms with Crippen LogP contribution in [0.15, 0.2) is 15.8 Å². The van der Waals surface area contributed by atoms with Crippen LogP contribution < -0.4 is 16.6 Å². The van der Waals surface area contributed by atoms with Gasteiger partial charge in [0.1, 0.15) is 0 Å². The van der Waals surface area contributed by atoms with E-state index in [0.29, 0.717) is 18.0 Å². The largest absolute Gasteiger partial charge is 0.381 e. The van der Waals surface area contributed by atoms with E-state index in [-0.39, 0.29) is 11.2 Å². The van der Waals surface area contributed by atoms with Gasteiger partial charge in [-0.15, -0.1) is 0 Å². The third-order valence-electron chi connectivity index (χ3n) is 3.29. The van der Waals surface area contributed by atoms with Crippen molar-refractivity contribution in [3.8, 4) is 0 Å². The SMILES string of the molecule is Cn1cc(CNCC2CCOC2)c(=O)n(C)c1=O. The number of hydrogen-bond acceptors (Lipinski definition) is 4. The molecule has 1 aliphatic rings. The van der Waals surface area contributed by atoms with Gasteiger partial charge in [0.15, 0.2) is 0 Å². The molecule has 1 N–H and O–H groups in total.